The van der Waals surface area contributed by atoms with E-state index < -0.39 is 5.54 Å². The molecule has 2 rings (SSSR count). The normalized spacial score (nSPS) is 18.2. The number of nitrogens with one attached hydrogen (secondary N) is 2. The molecule has 7 heteroatoms. The Bertz CT molecular complexity index is 541. The van der Waals surface area contributed by atoms with Crippen LogP contribution in [0.15, 0.2) is 6.20 Å². The zero-order chi connectivity index (χ0) is 14.2. The maximum atomic E-state index is 11.9. The van der Waals surface area contributed by atoms with Crippen molar-refractivity contribution in [3.05, 3.63) is 11.8 Å². The number of imide groups is 1. The van der Waals surface area contributed by atoms with Crippen molar-refractivity contribution in [1.82, 2.24) is 15.3 Å². The van der Waals surface area contributed by atoms with Crippen molar-refractivity contribution < 1.29 is 9.59 Å². The molecule has 2 N–H and O–H groups in total. The van der Waals surface area contributed by atoms with Gasteiger partial charge in [0.1, 0.15) is 11.4 Å². The third-order valence-corrected chi connectivity index (χ3v) is 3.21. The Morgan fingerprint density at radius 2 is 2.11 bits per heavy atom. The van der Waals surface area contributed by atoms with Crippen LogP contribution in [0, 0.1) is 6.92 Å². The summed E-state index contributed by atoms with van der Waals surface area (Å²) in [6, 6.07) is 0. The quantitative estimate of drug-likeness (QED) is 0.734. The molecule has 2 heterocycles. The number of carbonyl (C=O) groups is 2. The van der Waals surface area contributed by atoms with Crippen molar-refractivity contribution >= 4 is 23.6 Å². The summed E-state index contributed by atoms with van der Waals surface area (Å²) in [4.78, 5) is 33.7. The Morgan fingerprint density at radius 1 is 1.42 bits per heavy atom. The molecular weight excluding hydrogens is 246 g/mol. The van der Waals surface area contributed by atoms with Gasteiger partial charge in [-0.2, -0.15) is 4.98 Å². The Labute approximate surface area is 111 Å². The number of hydrogen-bond donors (Lipinski definition) is 2. The van der Waals surface area contributed by atoms with Crippen LogP contribution in [0.5, 0.6) is 0 Å². The smallest absolute Gasteiger partial charge is 0.251 e. The Morgan fingerprint density at radius 3 is 2.74 bits per heavy atom. The number of nitrogens with zero attached hydrogens (tertiary/aromatic N) is 3. The van der Waals surface area contributed by atoms with E-state index in [9.17, 15) is 9.59 Å². The Hall–Kier alpha value is -2.18. The Kier molecular flexibility index (Phi) is 3.13. The van der Waals surface area contributed by atoms with Crippen molar-refractivity contribution in [2.45, 2.75) is 26.3 Å². The standard InChI is InChI=1S/C12H17N5O2/c1-7-5-14-11(13-4)16-9(7)17-6-8(18)15-10(19)12(17,2)3/h5H,6H2,1-4H3,(H,13,14,16)(H,15,18,19). The average molecular weight is 263 g/mol. The average Bonchev–Trinajstić information content (AvgIpc) is 2.35. The molecule has 0 aromatic carbocycles. The zero-order valence-electron chi connectivity index (χ0n) is 11.4. The van der Waals surface area contributed by atoms with Crippen LogP contribution in [0.4, 0.5) is 11.8 Å². The third kappa shape index (κ3) is 2.23. The molecule has 1 aliphatic rings. The largest absolute Gasteiger partial charge is 0.357 e. The molecule has 0 bridgehead atoms. The van der Waals surface area contributed by atoms with Gasteiger partial charge in [-0.1, -0.05) is 0 Å². The summed E-state index contributed by atoms with van der Waals surface area (Å²) in [7, 11) is 1.72. The summed E-state index contributed by atoms with van der Waals surface area (Å²) in [5, 5.41) is 5.19. The first-order valence-electron chi connectivity index (χ1n) is 5.99. The number of amides is 2. The van der Waals surface area contributed by atoms with Crippen molar-refractivity contribution in [1.29, 1.82) is 0 Å². The highest BCUT2D eigenvalue weighted by Crippen LogP contribution is 2.27. The summed E-state index contributed by atoms with van der Waals surface area (Å²) < 4.78 is 0. The van der Waals surface area contributed by atoms with Gasteiger partial charge in [-0.25, -0.2) is 4.98 Å². The molecule has 1 aromatic rings. The van der Waals surface area contributed by atoms with Gasteiger partial charge in [-0.3, -0.25) is 14.9 Å². The fourth-order valence-corrected chi connectivity index (χ4v) is 1.95. The van der Waals surface area contributed by atoms with Gasteiger partial charge in [0.05, 0.1) is 6.54 Å². The summed E-state index contributed by atoms with van der Waals surface area (Å²) in [5.74, 6) is 0.392. The number of piperazine rings is 1. The summed E-state index contributed by atoms with van der Waals surface area (Å²) >= 11 is 0. The van der Waals surface area contributed by atoms with Gasteiger partial charge >= 0.3 is 0 Å². The third-order valence-electron chi connectivity index (χ3n) is 3.21. The zero-order valence-corrected chi connectivity index (χ0v) is 11.4. The second kappa shape index (κ2) is 4.49. The second-order valence-corrected chi connectivity index (χ2v) is 4.97. The number of aryl methyl sites for hydroxylation is 1. The number of hydrogen-bond acceptors (Lipinski definition) is 6. The highest BCUT2D eigenvalue weighted by Gasteiger charge is 2.42. The summed E-state index contributed by atoms with van der Waals surface area (Å²) in [5.41, 5.74) is -0.0209. The Balaban J connectivity index is 2.49. The molecule has 19 heavy (non-hydrogen) atoms. The van der Waals surface area contributed by atoms with Gasteiger partial charge in [-0.05, 0) is 20.8 Å². The number of rotatable bonds is 2. The van der Waals surface area contributed by atoms with Gasteiger partial charge in [-0.15, -0.1) is 0 Å². The van der Waals surface area contributed by atoms with E-state index in [0.717, 1.165) is 5.56 Å². The minimum atomic E-state index is -0.835. The van der Waals surface area contributed by atoms with E-state index in [1.165, 1.54) is 0 Å². The van der Waals surface area contributed by atoms with Crippen LogP contribution < -0.4 is 15.5 Å². The molecule has 1 fully saturated rings. The van der Waals surface area contributed by atoms with Gasteiger partial charge in [0, 0.05) is 18.8 Å². The number of aromatic nitrogens is 2. The van der Waals surface area contributed by atoms with Crippen LogP contribution in [0.2, 0.25) is 0 Å². The van der Waals surface area contributed by atoms with Gasteiger partial charge < -0.3 is 10.2 Å². The first-order chi connectivity index (χ1) is 8.86. The minimum Gasteiger partial charge on any atom is -0.357 e. The van der Waals surface area contributed by atoms with Crippen LogP contribution in [-0.2, 0) is 9.59 Å². The highest BCUT2D eigenvalue weighted by atomic mass is 16.2. The van der Waals surface area contributed by atoms with Crippen molar-refractivity contribution in [2.24, 2.45) is 0 Å². The SMILES string of the molecule is CNc1ncc(C)c(N2CC(=O)NC(=O)C2(C)C)n1. The first kappa shape index (κ1) is 13.3. The number of carbonyl (C=O) groups excluding carboxylic acids is 2. The van der Waals surface area contributed by atoms with Crippen molar-refractivity contribution in [2.75, 3.05) is 23.8 Å². The fourth-order valence-electron chi connectivity index (χ4n) is 1.95. The van der Waals surface area contributed by atoms with E-state index in [4.69, 9.17) is 0 Å². The first-order valence-corrected chi connectivity index (χ1v) is 5.99. The monoisotopic (exact) mass is 263 g/mol. The lowest BCUT2D eigenvalue weighted by Gasteiger charge is -2.41. The molecule has 1 saturated heterocycles. The van der Waals surface area contributed by atoms with Gasteiger partial charge in [0.15, 0.2) is 0 Å². The predicted molar refractivity (Wildman–Crippen MR) is 70.9 cm³/mol. The highest BCUT2D eigenvalue weighted by molar-refractivity contribution is 6.06. The lowest BCUT2D eigenvalue weighted by molar-refractivity contribution is -0.135. The van der Waals surface area contributed by atoms with E-state index in [1.54, 1.807) is 32.0 Å². The van der Waals surface area contributed by atoms with E-state index in [-0.39, 0.29) is 18.4 Å². The second-order valence-electron chi connectivity index (χ2n) is 4.97. The molecule has 1 aromatic heterocycles. The predicted octanol–water partition coefficient (Wildman–Crippen LogP) is 0.0681. The van der Waals surface area contributed by atoms with Gasteiger partial charge in [0.2, 0.25) is 11.9 Å². The van der Waals surface area contributed by atoms with Crippen LogP contribution in [0.1, 0.15) is 19.4 Å². The molecule has 102 valence electrons. The van der Waals surface area contributed by atoms with Crippen molar-refractivity contribution in [3.8, 4) is 0 Å². The van der Waals surface area contributed by atoms with Crippen molar-refractivity contribution in [3.63, 3.8) is 0 Å². The minimum absolute atomic E-state index is 0.0970. The molecule has 1 aliphatic heterocycles. The van der Waals surface area contributed by atoms with E-state index in [0.29, 0.717) is 11.8 Å². The molecule has 0 spiro atoms. The van der Waals surface area contributed by atoms with E-state index in [1.807, 2.05) is 6.92 Å². The maximum absolute atomic E-state index is 11.9. The molecule has 2 amide bonds. The number of anilines is 2. The van der Waals surface area contributed by atoms with Crippen LogP contribution in [0.3, 0.4) is 0 Å². The van der Waals surface area contributed by atoms with Crippen LogP contribution in [0.25, 0.3) is 0 Å². The molecule has 0 radical (unpaired) electrons. The molecule has 7 nitrogen and oxygen atoms in total. The molecule has 0 saturated carbocycles. The summed E-state index contributed by atoms with van der Waals surface area (Å²) in [6.45, 7) is 5.46. The fraction of sp³-hybridized carbons (Fsp3) is 0.500. The molecular formula is C12H17N5O2. The van der Waals surface area contributed by atoms with E-state index in [2.05, 4.69) is 20.6 Å². The maximum Gasteiger partial charge on any atom is 0.251 e. The molecule has 0 unspecified atom stereocenters. The van der Waals surface area contributed by atoms with Crippen LogP contribution >= 0.6 is 0 Å². The molecule has 0 atom stereocenters. The lowest BCUT2D eigenvalue weighted by atomic mass is 9.98. The summed E-state index contributed by atoms with van der Waals surface area (Å²) in [6.07, 6.45) is 1.67. The van der Waals surface area contributed by atoms with Crippen LogP contribution in [-0.4, -0.2) is 40.9 Å². The molecule has 0 aliphatic carbocycles. The van der Waals surface area contributed by atoms with Gasteiger partial charge in [0.25, 0.3) is 5.91 Å². The topological polar surface area (TPSA) is 87.2 Å². The lowest BCUT2D eigenvalue weighted by Crippen LogP contribution is -2.64. The van der Waals surface area contributed by atoms with E-state index >= 15 is 0 Å².